The molecule has 0 aromatic heterocycles. The minimum Gasteiger partial charge on any atom is -0.508 e. The topological polar surface area (TPSA) is 57.6 Å². The molecule has 1 N–H and O–H groups in total. The first kappa shape index (κ1) is 19.2. The number of phenols is 1. The minimum absolute atomic E-state index is 0.0522. The van der Waals surface area contributed by atoms with E-state index in [0.717, 1.165) is 51.8 Å². The third kappa shape index (κ3) is 2.52. The number of amides is 2. The van der Waals surface area contributed by atoms with Crippen molar-refractivity contribution in [2.75, 3.05) is 0 Å². The van der Waals surface area contributed by atoms with E-state index in [1.54, 1.807) is 0 Å². The van der Waals surface area contributed by atoms with Gasteiger partial charge in [0.2, 0.25) is 5.91 Å². The summed E-state index contributed by atoms with van der Waals surface area (Å²) in [5.74, 6) is 2.92. The van der Waals surface area contributed by atoms with E-state index < -0.39 is 0 Å². The number of phenolic OH excluding ortho intramolecular Hbond substituents is 1. The molecule has 2 amide bonds. The van der Waals surface area contributed by atoms with Gasteiger partial charge in [-0.3, -0.25) is 14.5 Å². The number of benzene rings is 2. The van der Waals surface area contributed by atoms with Gasteiger partial charge in [-0.1, -0.05) is 24.3 Å². The lowest BCUT2D eigenvalue weighted by Gasteiger charge is -2.57. The molecule has 9 rings (SSSR count). The summed E-state index contributed by atoms with van der Waals surface area (Å²) in [6.07, 6.45) is 7.86. The van der Waals surface area contributed by atoms with Crippen molar-refractivity contribution in [3.05, 3.63) is 53.1 Å². The molecule has 4 saturated carbocycles. The summed E-state index contributed by atoms with van der Waals surface area (Å²) in [6, 6.07) is 12.4. The van der Waals surface area contributed by atoms with Gasteiger partial charge >= 0.3 is 0 Å². The Balaban J connectivity index is 1.24. The minimum atomic E-state index is -0.244. The molecule has 164 valence electrons. The van der Waals surface area contributed by atoms with Gasteiger partial charge in [-0.15, -0.1) is 0 Å². The Labute approximate surface area is 192 Å². The largest absolute Gasteiger partial charge is 0.508 e. The molecule has 7 fully saturated rings. The average molecular weight is 446 g/mol. The van der Waals surface area contributed by atoms with Crippen LogP contribution in [0.25, 0.3) is 11.1 Å². The molecule has 2 aromatic carbocycles. The molecule has 6 bridgehead atoms. The van der Waals surface area contributed by atoms with Crippen LogP contribution in [0.15, 0.2) is 36.4 Å². The molecule has 2 aromatic rings. The van der Waals surface area contributed by atoms with Crippen LogP contribution in [-0.2, 0) is 10.2 Å². The lowest BCUT2D eigenvalue weighted by molar-refractivity contribution is -0.137. The fourth-order valence-electron chi connectivity index (χ4n) is 8.00. The van der Waals surface area contributed by atoms with Crippen molar-refractivity contribution in [1.29, 1.82) is 0 Å². The normalized spacial score (nSPS) is 36.7. The fourth-order valence-corrected chi connectivity index (χ4v) is 9.16. The van der Waals surface area contributed by atoms with E-state index in [1.165, 1.54) is 49.0 Å². The predicted molar refractivity (Wildman–Crippen MR) is 124 cm³/mol. The van der Waals surface area contributed by atoms with Crippen molar-refractivity contribution in [2.24, 2.45) is 17.8 Å². The van der Waals surface area contributed by atoms with Gasteiger partial charge < -0.3 is 5.11 Å². The Morgan fingerprint density at radius 3 is 2.12 bits per heavy atom. The van der Waals surface area contributed by atoms with Crippen molar-refractivity contribution in [1.82, 2.24) is 4.90 Å². The zero-order valence-electron chi connectivity index (χ0n) is 18.2. The fraction of sp³-hybridized carbons (Fsp3) is 0.481. The first-order chi connectivity index (χ1) is 15.4. The summed E-state index contributed by atoms with van der Waals surface area (Å²) in [6.45, 7) is 2.07. The summed E-state index contributed by atoms with van der Waals surface area (Å²) >= 11 is 1.15. The summed E-state index contributed by atoms with van der Waals surface area (Å²) in [5.41, 5.74) is 5.73. The number of carbonyl (C=O) groups excluding carboxylic acids is 2. The molecule has 4 nitrogen and oxygen atoms in total. The lowest BCUT2D eigenvalue weighted by Crippen LogP contribution is -2.50. The van der Waals surface area contributed by atoms with Gasteiger partial charge in [0, 0.05) is 5.56 Å². The number of aromatic hydroxyl groups is 1. The highest BCUT2D eigenvalue weighted by Gasteiger charge is 2.60. The Bertz CT molecular complexity index is 1130. The monoisotopic (exact) mass is 445 g/mol. The number of rotatable bonds is 3. The van der Waals surface area contributed by atoms with Gasteiger partial charge in [-0.2, -0.15) is 0 Å². The van der Waals surface area contributed by atoms with Gasteiger partial charge in [-0.05, 0) is 115 Å². The zero-order chi connectivity index (χ0) is 21.8. The number of hydrogen-bond acceptors (Lipinski definition) is 4. The molecule has 0 spiro atoms. The molecule has 0 radical (unpaired) electrons. The Morgan fingerprint density at radius 2 is 1.59 bits per heavy atom. The Morgan fingerprint density at radius 1 is 0.969 bits per heavy atom. The van der Waals surface area contributed by atoms with E-state index in [-0.39, 0.29) is 27.9 Å². The van der Waals surface area contributed by atoms with E-state index in [0.29, 0.717) is 5.75 Å². The van der Waals surface area contributed by atoms with Gasteiger partial charge in [0.15, 0.2) is 0 Å². The number of nitrogens with zero attached hydrogens (tertiary/aromatic N) is 1. The third-order valence-corrected chi connectivity index (χ3v) is 10.1. The van der Waals surface area contributed by atoms with Crippen LogP contribution in [0.4, 0.5) is 4.79 Å². The quantitative estimate of drug-likeness (QED) is 0.593. The standard InChI is InChI=1S/C27H27NO3S/c1-14-6-22(29)21(27-11-15-7-16(12-27)9-17(8-15)13-27)10-20(14)18-2-4-19(5-3-18)23-24-25(30)28(23)26(31)32-24/h2-6,10,15-17,23-24,29H,7-9,11-13H2,1H3. The van der Waals surface area contributed by atoms with E-state index in [9.17, 15) is 14.7 Å². The average Bonchev–Trinajstić information content (AvgIpc) is 3.25. The molecule has 32 heavy (non-hydrogen) atoms. The second-order valence-corrected chi connectivity index (χ2v) is 12.1. The van der Waals surface area contributed by atoms with Crippen molar-refractivity contribution < 1.29 is 14.7 Å². The van der Waals surface area contributed by atoms with Gasteiger partial charge in [0.25, 0.3) is 5.24 Å². The molecule has 4 aliphatic carbocycles. The van der Waals surface area contributed by atoms with Crippen molar-refractivity contribution >= 4 is 22.9 Å². The predicted octanol–water partition coefficient (Wildman–Crippen LogP) is 5.95. The number of thioether (sulfide) groups is 1. The smallest absolute Gasteiger partial charge is 0.289 e. The molecular formula is C27H27NO3S. The zero-order valence-corrected chi connectivity index (χ0v) is 19.0. The van der Waals surface area contributed by atoms with Crippen molar-refractivity contribution in [3.63, 3.8) is 0 Å². The molecule has 5 heteroatoms. The van der Waals surface area contributed by atoms with E-state index >= 15 is 0 Å². The van der Waals surface area contributed by atoms with Crippen LogP contribution in [0, 0.1) is 24.7 Å². The van der Waals surface area contributed by atoms with Crippen LogP contribution >= 0.6 is 11.8 Å². The second-order valence-electron chi connectivity index (χ2n) is 11.0. The van der Waals surface area contributed by atoms with E-state index in [1.807, 2.05) is 6.07 Å². The Kier molecular flexibility index (Phi) is 3.85. The molecule has 7 aliphatic rings. The van der Waals surface area contributed by atoms with Crippen LogP contribution in [-0.4, -0.2) is 26.4 Å². The summed E-state index contributed by atoms with van der Waals surface area (Å²) in [4.78, 5) is 25.3. The van der Waals surface area contributed by atoms with Crippen molar-refractivity contribution in [3.8, 4) is 16.9 Å². The number of imide groups is 1. The maximum atomic E-state index is 11.9. The first-order valence-corrected chi connectivity index (χ1v) is 12.8. The molecular weight excluding hydrogens is 418 g/mol. The first-order valence-electron chi connectivity index (χ1n) is 11.9. The maximum absolute atomic E-state index is 11.9. The number of β-lactam (4-membered cyclic amide) rings is 1. The number of carbonyl (C=O) groups is 2. The summed E-state index contributed by atoms with van der Waals surface area (Å²) in [7, 11) is 0. The maximum Gasteiger partial charge on any atom is 0.289 e. The van der Waals surface area contributed by atoms with Gasteiger partial charge in [-0.25, -0.2) is 0 Å². The highest BCUT2D eigenvalue weighted by Crippen LogP contribution is 2.62. The number of fused-ring (bicyclic) bond motifs is 1. The molecule has 2 unspecified atom stereocenters. The Hall–Kier alpha value is -2.27. The van der Waals surface area contributed by atoms with Crippen LogP contribution in [0.5, 0.6) is 5.75 Å². The van der Waals surface area contributed by atoms with E-state index in [2.05, 4.69) is 37.3 Å². The summed E-state index contributed by atoms with van der Waals surface area (Å²) < 4.78 is 0. The highest BCUT2D eigenvalue weighted by molar-refractivity contribution is 8.15. The number of hydrogen-bond donors (Lipinski definition) is 1. The van der Waals surface area contributed by atoms with Crippen LogP contribution in [0.3, 0.4) is 0 Å². The SMILES string of the molecule is Cc1cc(O)c(C23CC4CC(CC(C4)C2)C3)cc1-c1ccc(C2C3SC(=O)N2C3=O)cc1. The van der Waals surface area contributed by atoms with Crippen molar-refractivity contribution in [2.45, 2.75) is 62.2 Å². The molecule has 2 atom stereocenters. The lowest BCUT2D eigenvalue weighted by atomic mass is 9.48. The molecule has 3 aliphatic heterocycles. The third-order valence-electron chi connectivity index (χ3n) is 8.99. The highest BCUT2D eigenvalue weighted by atomic mass is 32.2. The summed E-state index contributed by atoms with van der Waals surface area (Å²) in [5, 5.41) is 10.7. The second kappa shape index (κ2) is 6.40. The molecule has 3 heterocycles. The molecule has 3 saturated heterocycles. The van der Waals surface area contributed by atoms with Crippen LogP contribution in [0.2, 0.25) is 0 Å². The van der Waals surface area contributed by atoms with E-state index in [4.69, 9.17) is 0 Å². The van der Waals surface area contributed by atoms with Crippen LogP contribution in [0.1, 0.15) is 61.3 Å². The van der Waals surface area contributed by atoms with Gasteiger partial charge in [0.1, 0.15) is 11.0 Å². The number of aryl methyl sites for hydroxylation is 1. The van der Waals surface area contributed by atoms with Gasteiger partial charge in [0.05, 0.1) is 6.04 Å². The van der Waals surface area contributed by atoms with Crippen LogP contribution < -0.4 is 0 Å².